The summed E-state index contributed by atoms with van der Waals surface area (Å²) in [6.07, 6.45) is -1.02. The van der Waals surface area contributed by atoms with Crippen LogP contribution in [0.5, 0.6) is 5.75 Å². The fourth-order valence-corrected chi connectivity index (χ4v) is 2.22. The monoisotopic (exact) mass is 310 g/mol. The van der Waals surface area contributed by atoms with Gasteiger partial charge in [-0.2, -0.15) is 0 Å². The maximum atomic E-state index is 13.4. The lowest BCUT2D eigenvalue weighted by atomic mass is 10.0. The Bertz CT molecular complexity index is 584. The van der Waals surface area contributed by atoms with Crippen molar-refractivity contribution in [1.29, 1.82) is 0 Å². The van der Waals surface area contributed by atoms with Crippen LogP contribution in [-0.4, -0.2) is 25.4 Å². The lowest BCUT2D eigenvalue weighted by molar-refractivity contribution is 0.142. The van der Waals surface area contributed by atoms with Gasteiger partial charge in [0.15, 0.2) is 0 Å². The zero-order chi connectivity index (χ0) is 15.2. The molecule has 0 fully saturated rings. The summed E-state index contributed by atoms with van der Waals surface area (Å²) in [6.45, 7) is 0.806. The van der Waals surface area contributed by atoms with Crippen molar-refractivity contribution in [2.75, 3.05) is 20.3 Å². The number of aliphatic hydroxyl groups is 1. The molecule has 0 saturated carbocycles. The second-order valence-electron chi connectivity index (χ2n) is 4.48. The SMILES string of the molecule is COCCOc1ccccc1C(O)c1cc(F)cc(Cl)c1. The molecular weight excluding hydrogens is 295 g/mol. The molecule has 2 rings (SSSR count). The molecule has 1 atom stereocenters. The molecule has 3 nitrogen and oxygen atoms in total. The van der Waals surface area contributed by atoms with E-state index in [0.29, 0.717) is 30.1 Å². The van der Waals surface area contributed by atoms with Gasteiger partial charge in [0, 0.05) is 17.7 Å². The first-order valence-electron chi connectivity index (χ1n) is 6.46. The van der Waals surface area contributed by atoms with E-state index in [1.807, 2.05) is 0 Å². The van der Waals surface area contributed by atoms with Gasteiger partial charge >= 0.3 is 0 Å². The smallest absolute Gasteiger partial charge is 0.125 e. The number of hydrogen-bond donors (Lipinski definition) is 1. The van der Waals surface area contributed by atoms with Crippen LogP contribution in [0.15, 0.2) is 42.5 Å². The highest BCUT2D eigenvalue weighted by Crippen LogP contribution is 2.31. The Morgan fingerprint density at radius 1 is 1.19 bits per heavy atom. The maximum absolute atomic E-state index is 13.4. The van der Waals surface area contributed by atoms with Crippen LogP contribution in [0, 0.1) is 5.82 Å². The normalized spacial score (nSPS) is 12.2. The van der Waals surface area contributed by atoms with Crippen LogP contribution in [0.25, 0.3) is 0 Å². The first-order valence-corrected chi connectivity index (χ1v) is 6.84. The summed E-state index contributed by atoms with van der Waals surface area (Å²) < 4.78 is 23.9. The average molecular weight is 311 g/mol. The number of ether oxygens (including phenoxy) is 2. The number of methoxy groups -OCH3 is 1. The van der Waals surface area contributed by atoms with E-state index in [-0.39, 0.29) is 5.02 Å². The minimum atomic E-state index is -1.02. The van der Waals surface area contributed by atoms with Gasteiger partial charge in [-0.1, -0.05) is 29.8 Å². The standard InChI is InChI=1S/C16H16ClFO3/c1-20-6-7-21-15-5-3-2-4-14(15)16(19)11-8-12(17)10-13(18)9-11/h2-5,8-10,16,19H,6-7H2,1H3. The summed E-state index contributed by atoms with van der Waals surface area (Å²) in [5.74, 6) is 0.0387. The fourth-order valence-electron chi connectivity index (χ4n) is 1.99. The Morgan fingerprint density at radius 2 is 1.95 bits per heavy atom. The Labute approximate surface area is 127 Å². The van der Waals surface area contributed by atoms with Gasteiger partial charge in [0.05, 0.1) is 6.61 Å². The molecule has 5 heteroatoms. The number of hydrogen-bond acceptors (Lipinski definition) is 3. The molecule has 0 bridgehead atoms. The van der Waals surface area contributed by atoms with Gasteiger partial charge in [0.2, 0.25) is 0 Å². The van der Waals surface area contributed by atoms with Gasteiger partial charge in [0.1, 0.15) is 24.3 Å². The summed E-state index contributed by atoms with van der Waals surface area (Å²) in [7, 11) is 1.58. The highest BCUT2D eigenvalue weighted by molar-refractivity contribution is 6.30. The molecule has 1 N–H and O–H groups in total. The lowest BCUT2D eigenvalue weighted by Gasteiger charge is -2.16. The molecule has 0 radical (unpaired) electrons. The molecule has 0 aliphatic rings. The average Bonchev–Trinajstić information content (AvgIpc) is 2.46. The van der Waals surface area contributed by atoms with Crippen molar-refractivity contribution in [2.45, 2.75) is 6.10 Å². The summed E-state index contributed by atoms with van der Waals surface area (Å²) in [4.78, 5) is 0. The van der Waals surface area contributed by atoms with E-state index < -0.39 is 11.9 Å². The van der Waals surface area contributed by atoms with Crippen LogP contribution in [0.3, 0.4) is 0 Å². The third-order valence-electron chi connectivity index (χ3n) is 2.96. The lowest BCUT2D eigenvalue weighted by Crippen LogP contribution is -2.08. The largest absolute Gasteiger partial charge is 0.491 e. The van der Waals surface area contributed by atoms with E-state index in [9.17, 15) is 9.50 Å². The van der Waals surface area contributed by atoms with Gasteiger partial charge in [-0.05, 0) is 29.8 Å². The van der Waals surface area contributed by atoms with E-state index >= 15 is 0 Å². The second kappa shape index (κ2) is 7.41. The number of halogens is 2. The molecule has 1 unspecified atom stereocenters. The zero-order valence-corrected chi connectivity index (χ0v) is 12.3. The maximum Gasteiger partial charge on any atom is 0.125 e. The molecule has 2 aromatic carbocycles. The van der Waals surface area contributed by atoms with E-state index in [1.165, 1.54) is 18.2 Å². The summed E-state index contributed by atoms with van der Waals surface area (Å²) >= 11 is 5.82. The molecule has 21 heavy (non-hydrogen) atoms. The first-order chi connectivity index (χ1) is 10.1. The Hall–Kier alpha value is -1.62. The van der Waals surface area contributed by atoms with E-state index in [2.05, 4.69) is 0 Å². The van der Waals surface area contributed by atoms with Gasteiger partial charge in [0.25, 0.3) is 0 Å². The van der Waals surface area contributed by atoms with Crippen molar-refractivity contribution in [3.8, 4) is 5.75 Å². The van der Waals surface area contributed by atoms with Crippen molar-refractivity contribution in [2.24, 2.45) is 0 Å². The van der Waals surface area contributed by atoms with Crippen molar-refractivity contribution >= 4 is 11.6 Å². The predicted molar refractivity (Wildman–Crippen MR) is 79.3 cm³/mol. The number of benzene rings is 2. The molecule has 0 aliphatic carbocycles. The quantitative estimate of drug-likeness (QED) is 0.829. The van der Waals surface area contributed by atoms with E-state index in [4.69, 9.17) is 21.1 Å². The van der Waals surface area contributed by atoms with Crippen LogP contribution < -0.4 is 4.74 Å². The summed E-state index contributed by atoms with van der Waals surface area (Å²) in [6, 6.07) is 11.0. The van der Waals surface area contributed by atoms with Gasteiger partial charge in [-0.15, -0.1) is 0 Å². The van der Waals surface area contributed by atoms with Gasteiger partial charge in [-0.25, -0.2) is 4.39 Å². The fraction of sp³-hybridized carbons (Fsp3) is 0.250. The van der Waals surface area contributed by atoms with Crippen LogP contribution in [0.2, 0.25) is 5.02 Å². The molecule has 0 heterocycles. The Balaban J connectivity index is 2.27. The molecule has 0 spiro atoms. The Morgan fingerprint density at radius 3 is 2.67 bits per heavy atom. The van der Waals surface area contributed by atoms with Crippen molar-refractivity contribution in [1.82, 2.24) is 0 Å². The number of aliphatic hydroxyl groups excluding tert-OH is 1. The summed E-state index contributed by atoms with van der Waals surface area (Å²) in [5, 5.41) is 10.7. The van der Waals surface area contributed by atoms with Crippen LogP contribution in [0.1, 0.15) is 17.2 Å². The molecule has 0 aliphatic heterocycles. The third-order valence-corrected chi connectivity index (χ3v) is 3.18. The van der Waals surface area contributed by atoms with Gasteiger partial charge in [-0.3, -0.25) is 0 Å². The van der Waals surface area contributed by atoms with Crippen molar-refractivity contribution < 1.29 is 19.0 Å². The molecular formula is C16H16ClFO3. The predicted octanol–water partition coefficient (Wildman–Crippen LogP) is 3.59. The van der Waals surface area contributed by atoms with Gasteiger partial charge < -0.3 is 14.6 Å². The Kier molecular flexibility index (Phi) is 5.56. The molecule has 0 aromatic heterocycles. The molecule has 112 valence electrons. The highest BCUT2D eigenvalue weighted by Gasteiger charge is 2.16. The highest BCUT2D eigenvalue weighted by atomic mass is 35.5. The first kappa shape index (κ1) is 15.8. The number of rotatable bonds is 6. The number of para-hydroxylation sites is 1. The molecule has 0 amide bonds. The van der Waals surface area contributed by atoms with Crippen LogP contribution in [-0.2, 0) is 4.74 Å². The van der Waals surface area contributed by atoms with Crippen LogP contribution in [0.4, 0.5) is 4.39 Å². The molecule has 0 saturated heterocycles. The molecule has 2 aromatic rings. The second-order valence-corrected chi connectivity index (χ2v) is 4.92. The topological polar surface area (TPSA) is 38.7 Å². The van der Waals surface area contributed by atoms with E-state index in [0.717, 1.165) is 0 Å². The minimum Gasteiger partial charge on any atom is -0.491 e. The third kappa shape index (κ3) is 4.17. The van der Waals surface area contributed by atoms with Crippen molar-refractivity contribution in [3.05, 3.63) is 64.4 Å². The summed E-state index contributed by atoms with van der Waals surface area (Å²) in [5.41, 5.74) is 0.929. The zero-order valence-electron chi connectivity index (χ0n) is 11.6. The van der Waals surface area contributed by atoms with E-state index in [1.54, 1.807) is 31.4 Å². The minimum absolute atomic E-state index is 0.238. The van der Waals surface area contributed by atoms with Crippen molar-refractivity contribution in [3.63, 3.8) is 0 Å². The van der Waals surface area contributed by atoms with Crippen LogP contribution >= 0.6 is 11.6 Å².